The average Bonchev–Trinajstić information content (AvgIpc) is 2.28. The van der Waals surface area contributed by atoms with E-state index in [4.69, 9.17) is 15.7 Å². The molecule has 0 amide bonds. The van der Waals surface area contributed by atoms with E-state index in [1.807, 2.05) is 6.07 Å². The number of nitro benzene ring substituents is 1. The molecule has 0 spiro atoms. The molecule has 84 valence electrons. The number of nitro groups is 1. The summed E-state index contributed by atoms with van der Waals surface area (Å²) in [5.74, 6) is 0.179. The van der Waals surface area contributed by atoms with Gasteiger partial charge < -0.3 is 10.5 Å². The molecular weight excluding hydrogens is 210 g/mol. The first-order valence-electron chi connectivity index (χ1n) is 4.55. The van der Waals surface area contributed by atoms with E-state index in [1.54, 1.807) is 6.07 Å². The van der Waals surface area contributed by atoms with Crippen molar-refractivity contribution in [1.29, 1.82) is 5.26 Å². The van der Waals surface area contributed by atoms with Crippen molar-refractivity contribution in [3.05, 3.63) is 33.9 Å². The molecule has 1 rings (SSSR count). The van der Waals surface area contributed by atoms with Crippen molar-refractivity contribution in [2.24, 2.45) is 5.73 Å². The molecule has 1 aromatic carbocycles. The van der Waals surface area contributed by atoms with Gasteiger partial charge in [-0.2, -0.15) is 5.26 Å². The molecule has 6 heteroatoms. The van der Waals surface area contributed by atoms with Crippen molar-refractivity contribution in [3.63, 3.8) is 0 Å². The van der Waals surface area contributed by atoms with Crippen LogP contribution < -0.4 is 10.5 Å². The zero-order valence-electron chi connectivity index (χ0n) is 8.71. The third kappa shape index (κ3) is 2.46. The highest BCUT2D eigenvalue weighted by atomic mass is 16.6. The number of benzene rings is 1. The molecule has 0 bridgehead atoms. The van der Waals surface area contributed by atoms with Gasteiger partial charge >= 0.3 is 5.69 Å². The second-order valence-electron chi connectivity index (χ2n) is 3.16. The van der Waals surface area contributed by atoms with Crippen LogP contribution in [-0.4, -0.2) is 12.0 Å². The van der Waals surface area contributed by atoms with E-state index in [-0.39, 0.29) is 17.9 Å². The van der Waals surface area contributed by atoms with Crippen molar-refractivity contribution in [2.45, 2.75) is 12.5 Å². The van der Waals surface area contributed by atoms with Gasteiger partial charge in [0.15, 0.2) is 5.75 Å². The van der Waals surface area contributed by atoms with E-state index >= 15 is 0 Å². The fraction of sp³-hybridized carbons (Fsp3) is 0.300. The Morgan fingerprint density at radius 3 is 2.88 bits per heavy atom. The number of nitrogens with zero attached hydrogens (tertiary/aromatic N) is 2. The number of rotatable bonds is 4. The molecule has 0 aliphatic carbocycles. The van der Waals surface area contributed by atoms with E-state index in [0.29, 0.717) is 5.56 Å². The topological polar surface area (TPSA) is 102 Å². The Labute approximate surface area is 92.4 Å². The molecule has 0 aliphatic rings. The lowest BCUT2D eigenvalue weighted by Crippen LogP contribution is -2.09. The predicted molar refractivity (Wildman–Crippen MR) is 56.8 cm³/mol. The van der Waals surface area contributed by atoms with Crippen LogP contribution in [0.25, 0.3) is 0 Å². The second kappa shape index (κ2) is 5.09. The Balaban J connectivity index is 3.12. The zero-order valence-corrected chi connectivity index (χ0v) is 8.71. The van der Waals surface area contributed by atoms with Gasteiger partial charge in [0, 0.05) is 12.1 Å². The molecule has 2 N–H and O–H groups in total. The maximum Gasteiger partial charge on any atom is 0.311 e. The van der Waals surface area contributed by atoms with Gasteiger partial charge in [-0.15, -0.1) is 0 Å². The summed E-state index contributed by atoms with van der Waals surface area (Å²) in [7, 11) is 1.36. The van der Waals surface area contributed by atoms with Gasteiger partial charge in [-0.05, 0) is 11.6 Å². The summed E-state index contributed by atoms with van der Waals surface area (Å²) in [5.41, 5.74) is 6.09. The van der Waals surface area contributed by atoms with Crippen LogP contribution >= 0.6 is 0 Å². The van der Waals surface area contributed by atoms with Gasteiger partial charge in [-0.3, -0.25) is 10.1 Å². The summed E-state index contributed by atoms with van der Waals surface area (Å²) in [6.07, 6.45) is 0.115. The fourth-order valence-electron chi connectivity index (χ4n) is 1.30. The number of nitriles is 1. The summed E-state index contributed by atoms with van der Waals surface area (Å²) in [6.45, 7) is 0. The Hall–Kier alpha value is -2.13. The van der Waals surface area contributed by atoms with Gasteiger partial charge in [-0.1, -0.05) is 6.07 Å². The van der Waals surface area contributed by atoms with Crippen LogP contribution in [-0.2, 0) is 0 Å². The first kappa shape index (κ1) is 11.9. The van der Waals surface area contributed by atoms with E-state index in [1.165, 1.54) is 19.2 Å². The highest BCUT2D eigenvalue weighted by molar-refractivity contribution is 5.49. The van der Waals surface area contributed by atoms with E-state index in [9.17, 15) is 10.1 Å². The molecule has 0 aromatic heterocycles. The maximum absolute atomic E-state index is 10.7. The Morgan fingerprint density at radius 2 is 2.38 bits per heavy atom. The normalized spacial score (nSPS) is 11.6. The minimum atomic E-state index is -0.540. The van der Waals surface area contributed by atoms with E-state index in [2.05, 4.69) is 0 Å². The Kier molecular flexibility index (Phi) is 3.80. The zero-order chi connectivity index (χ0) is 12.1. The Morgan fingerprint density at radius 1 is 1.69 bits per heavy atom. The molecule has 1 aromatic rings. The molecule has 0 aliphatic heterocycles. The molecular formula is C10H11N3O3. The van der Waals surface area contributed by atoms with Crippen molar-refractivity contribution >= 4 is 5.69 Å². The second-order valence-corrected chi connectivity index (χ2v) is 3.16. The lowest BCUT2D eigenvalue weighted by Gasteiger charge is -2.09. The van der Waals surface area contributed by atoms with Crippen molar-refractivity contribution in [3.8, 4) is 11.8 Å². The predicted octanol–water partition coefficient (Wildman–Crippen LogP) is 1.52. The van der Waals surface area contributed by atoms with Gasteiger partial charge in [0.05, 0.1) is 24.5 Å². The van der Waals surface area contributed by atoms with Gasteiger partial charge in [0.1, 0.15) is 0 Å². The molecule has 0 saturated heterocycles. The summed E-state index contributed by atoms with van der Waals surface area (Å²) >= 11 is 0. The summed E-state index contributed by atoms with van der Waals surface area (Å²) in [4.78, 5) is 10.2. The van der Waals surface area contributed by atoms with Crippen LogP contribution in [0.15, 0.2) is 18.2 Å². The monoisotopic (exact) mass is 221 g/mol. The van der Waals surface area contributed by atoms with Gasteiger partial charge in [0.25, 0.3) is 0 Å². The quantitative estimate of drug-likeness (QED) is 0.613. The Bertz CT molecular complexity index is 439. The number of methoxy groups -OCH3 is 1. The number of nitrogens with two attached hydrogens (primary N) is 1. The standard InChI is InChI=1S/C10H11N3O3/c1-16-10-3-2-7(8(12)4-5-11)6-9(10)13(14)15/h2-3,6,8H,4,12H2,1H3/t8-/m0/s1. The summed E-state index contributed by atoms with van der Waals surface area (Å²) in [6, 6.07) is 5.83. The first-order chi connectivity index (χ1) is 7.60. The minimum Gasteiger partial charge on any atom is -0.490 e. The molecule has 0 radical (unpaired) electrons. The molecule has 0 saturated carbocycles. The molecule has 0 unspecified atom stereocenters. The molecule has 16 heavy (non-hydrogen) atoms. The third-order valence-corrected chi connectivity index (χ3v) is 2.14. The molecule has 6 nitrogen and oxygen atoms in total. The fourth-order valence-corrected chi connectivity index (χ4v) is 1.30. The van der Waals surface area contributed by atoms with Crippen molar-refractivity contribution in [2.75, 3.05) is 7.11 Å². The van der Waals surface area contributed by atoms with Crippen molar-refractivity contribution < 1.29 is 9.66 Å². The average molecular weight is 221 g/mol. The number of ether oxygens (including phenoxy) is 1. The first-order valence-corrected chi connectivity index (χ1v) is 4.55. The van der Waals surface area contributed by atoms with Crippen LogP contribution in [0.4, 0.5) is 5.69 Å². The lowest BCUT2D eigenvalue weighted by molar-refractivity contribution is -0.385. The number of hydrogen-bond donors (Lipinski definition) is 1. The SMILES string of the molecule is COc1ccc([C@@H](N)CC#N)cc1[N+](=O)[O-]. The van der Waals surface area contributed by atoms with E-state index in [0.717, 1.165) is 0 Å². The molecule has 0 fully saturated rings. The van der Waals surface area contributed by atoms with Gasteiger partial charge in [0.2, 0.25) is 0 Å². The highest BCUT2D eigenvalue weighted by Gasteiger charge is 2.17. The van der Waals surface area contributed by atoms with Crippen LogP contribution in [0.5, 0.6) is 5.75 Å². The molecule has 0 heterocycles. The largest absolute Gasteiger partial charge is 0.490 e. The highest BCUT2D eigenvalue weighted by Crippen LogP contribution is 2.29. The van der Waals surface area contributed by atoms with Crippen molar-refractivity contribution in [1.82, 2.24) is 0 Å². The van der Waals surface area contributed by atoms with E-state index < -0.39 is 11.0 Å². The number of hydrogen-bond acceptors (Lipinski definition) is 5. The van der Waals surface area contributed by atoms with Crippen LogP contribution in [0.2, 0.25) is 0 Å². The lowest BCUT2D eigenvalue weighted by atomic mass is 10.0. The molecule has 1 atom stereocenters. The maximum atomic E-state index is 10.7. The van der Waals surface area contributed by atoms with Gasteiger partial charge in [-0.25, -0.2) is 0 Å². The summed E-state index contributed by atoms with van der Waals surface area (Å²) in [5, 5.41) is 19.2. The van der Waals surface area contributed by atoms with Crippen LogP contribution in [0, 0.1) is 21.4 Å². The smallest absolute Gasteiger partial charge is 0.311 e. The minimum absolute atomic E-state index is 0.115. The third-order valence-electron chi connectivity index (χ3n) is 2.14. The van der Waals surface area contributed by atoms with Crippen LogP contribution in [0.1, 0.15) is 18.0 Å². The van der Waals surface area contributed by atoms with Crippen LogP contribution in [0.3, 0.4) is 0 Å². The summed E-state index contributed by atoms with van der Waals surface area (Å²) < 4.78 is 4.85.